The van der Waals surface area contributed by atoms with Gasteiger partial charge in [0.25, 0.3) is 5.91 Å². The first-order valence-corrected chi connectivity index (χ1v) is 10.7. The van der Waals surface area contributed by atoms with Crippen molar-refractivity contribution >= 4 is 5.91 Å². The highest BCUT2D eigenvalue weighted by molar-refractivity contribution is 5.91. The number of rotatable bonds is 5. The Morgan fingerprint density at radius 3 is 2.83 bits per heavy atom. The predicted octanol–water partition coefficient (Wildman–Crippen LogP) is 3.93. The minimum atomic E-state index is -0.0142. The van der Waals surface area contributed by atoms with Gasteiger partial charge in [0.1, 0.15) is 5.75 Å². The number of hydrogen-bond acceptors (Lipinski definition) is 5. The number of hydrogen-bond donors (Lipinski definition) is 0. The smallest absolute Gasteiger partial charge is 0.292 e. The molecule has 2 aliphatic rings. The van der Waals surface area contributed by atoms with Crippen LogP contribution in [0, 0.1) is 5.92 Å². The average Bonchev–Trinajstić information content (AvgIpc) is 3.24. The summed E-state index contributed by atoms with van der Waals surface area (Å²) in [6.07, 6.45) is 4.33. The van der Waals surface area contributed by atoms with Gasteiger partial charge in [-0.1, -0.05) is 24.2 Å². The number of amides is 1. The minimum Gasteiger partial charge on any atom is -0.497 e. The van der Waals surface area contributed by atoms with E-state index >= 15 is 0 Å². The van der Waals surface area contributed by atoms with Crippen molar-refractivity contribution in [1.82, 2.24) is 15.0 Å². The van der Waals surface area contributed by atoms with E-state index in [9.17, 15) is 4.79 Å². The molecule has 3 heterocycles. The van der Waals surface area contributed by atoms with Crippen LogP contribution in [0.1, 0.15) is 60.3 Å². The number of benzene rings is 1. The molecule has 0 N–H and O–H groups in total. The quantitative estimate of drug-likeness (QED) is 0.765. The number of ether oxygens (including phenoxy) is 1. The maximum Gasteiger partial charge on any atom is 0.292 e. The van der Waals surface area contributed by atoms with E-state index in [0.717, 1.165) is 69.9 Å². The lowest BCUT2D eigenvalue weighted by Crippen LogP contribution is -2.37. The molecular weight excluding hydrogens is 366 g/mol. The molecule has 156 valence electrons. The molecule has 2 aromatic rings. The summed E-state index contributed by atoms with van der Waals surface area (Å²) < 4.78 is 10.8. The molecule has 0 unspecified atom stereocenters. The van der Waals surface area contributed by atoms with Gasteiger partial charge < -0.3 is 14.2 Å². The molecule has 0 spiro atoms. The largest absolute Gasteiger partial charge is 0.497 e. The fourth-order valence-corrected chi connectivity index (χ4v) is 4.42. The van der Waals surface area contributed by atoms with Crippen molar-refractivity contribution < 1.29 is 14.1 Å². The summed E-state index contributed by atoms with van der Waals surface area (Å²) in [5, 5.41) is 4.27. The van der Waals surface area contributed by atoms with Gasteiger partial charge in [-0.05, 0) is 55.8 Å². The second-order valence-corrected chi connectivity index (χ2v) is 8.52. The van der Waals surface area contributed by atoms with Gasteiger partial charge >= 0.3 is 0 Å². The summed E-state index contributed by atoms with van der Waals surface area (Å²) in [5.74, 6) is 2.27. The highest BCUT2D eigenvalue weighted by Gasteiger charge is 2.28. The van der Waals surface area contributed by atoms with Crippen LogP contribution in [0.25, 0.3) is 0 Å². The van der Waals surface area contributed by atoms with E-state index in [1.54, 1.807) is 7.11 Å². The maximum atomic E-state index is 12.7. The van der Waals surface area contributed by atoms with E-state index in [1.165, 1.54) is 5.56 Å². The first-order valence-electron chi connectivity index (χ1n) is 10.7. The van der Waals surface area contributed by atoms with Gasteiger partial charge in [0.05, 0.1) is 12.8 Å². The van der Waals surface area contributed by atoms with Gasteiger partial charge in [-0.25, -0.2) is 0 Å². The third-order valence-electron chi connectivity index (χ3n) is 6.27. The lowest BCUT2D eigenvalue weighted by atomic mass is 9.94. The van der Waals surface area contributed by atoms with E-state index in [1.807, 2.05) is 23.1 Å². The standard InChI is InChI=1S/C23H31N3O3/c1-17-8-11-26(12-9-17)23(27)22-14-21(24-29-22)19-6-4-10-25(16-19)15-18-5-3-7-20(13-18)28-2/h3,5,7,13-14,17,19H,4,6,8-12,15-16H2,1-2H3/t19-/m1/s1. The zero-order valence-electron chi connectivity index (χ0n) is 17.5. The van der Waals surface area contributed by atoms with Crippen LogP contribution < -0.4 is 4.74 Å². The molecule has 1 aromatic carbocycles. The normalized spacial score (nSPS) is 21.3. The van der Waals surface area contributed by atoms with E-state index < -0.39 is 0 Å². The van der Waals surface area contributed by atoms with Crippen LogP contribution >= 0.6 is 0 Å². The van der Waals surface area contributed by atoms with E-state index in [0.29, 0.717) is 17.6 Å². The molecule has 0 aliphatic carbocycles. The van der Waals surface area contributed by atoms with Crippen LogP contribution in [0.2, 0.25) is 0 Å². The number of piperidine rings is 2. The molecule has 2 aliphatic heterocycles. The summed E-state index contributed by atoms with van der Waals surface area (Å²) in [5.41, 5.74) is 2.16. The second-order valence-electron chi connectivity index (χ2n) is 8.52. The van der Waals surface area contributed by atoms with Gasteiger partial charge in [-0.2, -0.15) is 0 Å². The summed E-state index contributed by atoms with van der Waals surface area (Å²) in [6.45, 7) is 6.77. The zero-order chi connectivity index (χ0) is 20.2. The average molecular weight is 398 g/mol. The van der Waals surface area contributed by atoms with Crippen molar-refractivity contribution in [3.8, 4) is 5.75 Å². The fraction of sp³-hybridized carbons (Fsp3) is 0.565. The molecule has 2 fully saturated rings. The summed E-state index contributed by atoms with van der Waals surface area (Å²) >= 11 is 0. The first-order chi connectivity index (χ1) is 14.1. The van der Waals surface area contributed by atoms with Crippen molar-refractivity contribution in [2.75, 3.05) is 33.3 Å². The first kappa shape index (κ1) is 20.0. The summed E-state index contributed by atoms with van der Waals surface area (Å²) in [6, 6.07) is 10.1. The van der Waals surface area contributed by atoms with Crippen LogP contribution in [0.5, 0.6) is 5.75 Å². The number of carbonyl (C=O) groups is 1. The Balaban J connectivity index is 1.38. The summed E-state index contributed by atoms with van der Waals surface area (Å²) in [4.78, 5) is 17.1. The van der Waals surface area contributed by atoms with E-state index in [4.69, 9.17) is 9.26 Å². The SMILES string of the molecule is COc1cccc(CN2CCC[C@@H](c3cc(C(=O)N4CCC(C)CC4)on3)C2)c1. The molecule has 0 bridgehead atoms. The minimum absolute atomic E-state index is 0.0142. The highest BCUT2D eigenvalue weighted by Crippen LogP contribution is 2.28. The highest BCUT2D eigenvalue weighted by atomic mass is 16.5. The number of carbonyl (C=O) groups excluding carboxylic acids is 1. The molecule has 29 heavy (non-hydrogen) atoms. The molecule has 0 radical (unpaired) electrons. The van der Waals surface area contributed by atoms with Gasteiger partial charge in [0, 0.05) is 38.2 Å². The Kier molecular flexibility index (Phi) is 6.19. The molecular formula is C23H31N3O3. The summed E-state index contributed by atoms with van der Waals surface area (Å²) in [7, 11) is 1.70. The number of methoxy groups -OCH3 is 1. The van der Waals surface area contributed by atoms with E-state index in [-0.39, 0.29) is 5.91 Å². The molecule has 1 atom stereocenters. The van der Waals surface area contributed by atoms with Crippen LogP contribution in [0.15, 0.2) is 34.9 Å². The number of likely N-dealkylation sites (tertiary alicyclic amines) is 2. The Labute approximate surface area is 172 Å². The van der Waals surface area contributed by atoms with Crippen molar-refractivity contribution in [2.45, 2.75) is 45.1 Å². The molecule has 6 nitrogen and oxygen atoms in total. The van der Waals surface area contributed by atoms with Gasteiger partial charge in [-0.3, -0.25) is 9.69 Å². The Morgan fingerprint density at radius 2 is 2.03 bits per heavy atom. The molecule has 1 amide bonds. The maximum absolute atomic E-state index is 12.7. The van der Waals surface area contributed by atoms with Crippen molar-refractivity contribution in [2.24, 2.45) is 5.92 Å². The van der Waals surface area contributed by atoms with Crippen LogP contribution in [0.4, 0.5) is 0 Å². The van der Waals surface area contributed by atoms with Crippen LogP contribution in [0.3, 0.4) is 0 Å². The molecule has 4 rings (SSSR count). The Morgan fingerprint density at radius 1 is 1.21 bits per heavy atom. The second kappa shape index (κ2) is 8.99. The molecule has 2 saturated heterocycles. The van der Waals surface area contributed by atoms with Crippen molar-refractivity contribution in [3.05, 3.63) is 47.3 Å². The van der Waals surface area contributed by atoms with Crippen LogP contribution in [-0.2, 0) is 6.54 Å². The van der Waals surface area contributed by atoms with Crippen molar-refractivity contribution in [1.29, 1.82) is 0 Å². The Hall–Kier alpha value is -2.34. The number of aromatic nitrogens is 1. The molecule has 1 aromatic heterocycles. The Bertz CT molecular complexity index is 826. The third-order valence-corrected chi connectivity index (χ3v) is 6.27. The number of nitrogens with zero attached hydrogens (tertiary/aromatic N) is 3. The zero-order valence-corrected chi connectivity index (χ0v) is 17.5. The van der Waals surface area contributed by atoms with Gasteiger partial charge in [0.2, 0.25) is 5.76 Å². The van der Waals surface area contributed by atoms with Gasteiger partial charge in [-0.15, -0.1) is 0 Å². The predicted molar refractivity (Wildman–Crippen MR) is 111 cm³/mol. The van der Waals surface area contributed by atoms with E-state index in [2.05, 4.69) is 29.1 Å². The molecule has 6 heteroatoms. The van der Waals surface area contributed by atoms with Crippen LogP contribution in [-0.4, -0.2) is 54.2 Å². The topological polar surface area (TPSA) is 58.8 Å². The van der Waals surface area contributed by atoms with Gasteiger partial charge in [0.15, 0.2) is 0 Å². The van der Waals surface area contributed by atoms with Crippen molar-refractivity contribution in [3.63, 3.8) is 0 Å². The third kappa shape index (κ3) is 4.81. The lowest BCUT2D eigenvalue weighted by molar-refractivity contribution is 0.0655. The lowest BCUT2D eigenvalue weighted by Gasteiger charge is -2.31. The monoisotopic (exact) mass is 397 g/mol. The fourth-order valence-electron chi connectivity index (χ4n) is 4.42. The molecule has 0 saturated carbocycles.